The first-order valence-corrected chi connectivity index (χ1v) is 7.55. The molecule has 1 amide bonds. The second-order valence-electron chi connectivity index (χ2n) is 5.88. The third kappa shape index (κ3) is 4.86. The van der Waals surface area contributed by atoms with Gasteiger partial charge >= 0.3 is 0 Å². The van der Waals surface area contributed by atoms with E-state index in [1.807, 2.05) is 6.92 Å². The maximum Gasteiger partial charge on any atom is 0.237 e. The highest BCUT2D eigenvalue weighted by molar-refractivity contribution is 5.85. The Hall–Kier alpha value is -1.24. The van der Waals surface area contributed by atoms with Gasteiger partial charge in [-0.1, -0.05) is 6.07 Å². The predicted octanol–water partition coefficient (Wildman–Crippen LogP) is 2.20. The van der Waals surface area contributed by atoms with Crippen molar-refractivity contribution in [3.05, 3.63) is 35.4 Å². The number of carbonyl (C=O) groups excluding carboxylic acids is 1. The molecule has 0 bridgehead atoms. The molecule has 0 saturated carbocycles. The van der Waals surface area contributed by atoms with Gasteiger partial charge in [0.15, 0.2) is 11.6 Å². The molecule has 0 spiro atoms. The van der Waals surface area contributed by atoms with Crippen molar-refractivity contribution in [3.8, 4) is 0 Å². The van der Waals surface area contributed by atoms with Gasteiger partial charge in [0.25, 0.3) is 0 Å². The predicted molar refractivity (Wildman–Crippen MR) is 88.7 cm³/mol. The lowest BCUT2D eigenvalue weighted by Gasteiger charge is -2.35. The van der Waals surface area contributed by atoms with Crippen LogP contribution in [0.1, 0.15) is 25.5 Å². The lowest BCUT2D eigenvalue weighted by molar-refractivity contribution is -0.133. The average molecular weight is 348 g/mol. The van der Waals surface area contributed by atoms with Crippen LogP contribution in [0.15, 0.2) is 18.2 Å². The molecule has 1 heterocycles. The van der Waals surface area contributed by atoms with Gasteiger partial charge in [-0.2, -0.15) is 0 Å². The van der Waals surface area contributed by atoms with Crippen LogP contribution in [0.25, 0.3) is 0 Å². The van der Waals surface area contributed by atoms with E-state index in [9.17, 15) is 13.6 Å². The van der Waals surface area contributed by atoms with Gasteiger partial charge in [-0.3, -0.25) is 9.69 Å². The Balaban J connectivity index is 0.00000264. The first kappa shape index (κ1) is 19.8. The third-order valence-electron chi connectivity index (χ3n) is 4.38. The maximum absolute atomic E-state index is 13.3. The summed E-state index contributed by atoms with van der Waals surface area (Å²) in [4.78, 5) is 16.1. The van der Waals surface area contributed by atoms with Crippen molar-refractivity contribution in [1.82, 2.24) is 15.1 Å². The minimum absolute atomic E-state index is 0. The molecule has 1 aromatic carbocycles. The van der Waals surface area contributed by atoms with Crippen LogP contribution < -0.4 is 5.32 Å². The first-order valence-electron chi connectivity index (χ1n) is 7.55. The van der Waals surface area contributed by atoms with E-state index in [0.717, 1.165) is 31.8 Å². The van der Waals surface area contributed by atoms with Gasteiger partial charge in [-0.05, 0) is 31.5 Å². The summed E-state index contributed by atoms with van der Waals surface area (Å²) in [7, 11) is 1.70. The monoisotopic (exact) mass is 347 g/mol. The van der Waals surface area contributed by atoms with E-state index in [1.54, 1.807) is 11.9 Å². The highest BCUT2D eigenvalue weighted by Crippen LogP contribution is 2.21. The van der Waals surface area contributed by atoms with Crippen LogP contribution in [0.2, 0.25) is 0 Å². The SMILES string of the molecule is CC(c1ccc(F)c(F)c1)N(C)C(=O)CN1CCNC[C@H]1C.Cl. The first-order chi connectivity index (χ1) is 10.4. The summed E-state index contributed by atoms with van der Waals surface area (Å²) in [5, 5.41) is 3.28. The van der Waals surface area contributed by atoms with Crippen molar-refractivity contribution in [3.63, 3.8) is 0 Å². The molecule has 1 unspecified atom stereocenters. The maximum atomic E-state index is 13.3. The Morgan fingerprint density at radius 1 is 1.43 bits per heavy atom. The summed E-state index contributed by atoms with van der Waals surface area (Å²) >= 11 is 0. The third-order valence-corrected chi connectivity index (χ3v) is 4.38. The Morgan fingerprint density at radius 2 is 2.13 bits per heavy atom. The van der Waals surface area contributed by atoms with Gasteiger partial charge in [0, 0.05) is 32.7 Å². The van der Waals surface area contributed by atoms with Crippen molar-refractivity contribution >= 4 is 18.3 Å². The number of rotatable bonds is 4. The van der Waals surface area contributed by atoms with E-state index in [4.69, 9.17) is 0 Å². The van der Waals surface area contributed by atoms with E-state index in [-0.39, 0.29) is 24.4 Å². The minimum atomic E-state index is -0.888. The van der Waals surface area contributed by atoms with Crippen LogP contribution in [0, 0.1) is 11.6 Å². The van der Waals surface area contributed by atoms with Crippen molar-refractivity contribution in [2.45, 2.75) is 25.9 Å². The fourth-order valence-electron chi connectivity index (χ4n) is 2.62. The van der Waals surface area contributed by atoms with Gasteiger partial charge in [0.1, 0.15) is 0 Å². The summed E-state index contributed by atoms with van der Waals surface area (Å²) in [6.45, 7) is 6.81. The van der Waals surface area contributed by atoms with Crippen LogP contribution >= 0.6 is 12.4 Å². The number of benzene rings is 1. The zero-order chi connectivity index (χ0) is 16.3. The molecular formula is C16H24ClF2N3O. The zero-order valence-corrected chi connectivity index (χ0v) is 14.5. The molecule has 1 aliphatic rings. The number of likely N-dealkylation sites (N-methyl/N-ethyl adjacent to an activating group) is 1. The second kappa shape index (κ2) is 8.57. The number of nitrogens with one attached hydrogen (secondary N) is 1. The Morgan fingerprint density at radius 3 is 2.74 bits per heavy atom. The number of nitrogens with zero attached hydrogens (tertiary/aromatic N) is 2. The number of carbonyl (C=O) groups is 1. The van der Waals surface area contributed by atoms with Crippen molar-refractivity contribution < 1.29 is 13.6 Å². The van der Waals surface area contributed by atoms with Gasteiger partial charge < -0.3 is 10.2 Å². The molecule has 1 N–H and O–H groups in total. The smallest absolute Gasteiger partial charge is 0.237 e. The lowest BCUT2D eigenvalue weighted by atomic mass is 10.1. The van der Waals surface area contributed by atoms with E-state index in [1.165, 1.54) is 6.07 Å². The van der Waals surface area contributed by atoms with Gasteiger partial charge in [0.05, 0.1) is 12.6 Å². The molecular weight excluding hydrogens is 324 g/mol. The molecule has 2 rings (SSSR count). The van der Waals surface area contributed by atoms with E-state index in [2.05, 4.69) is 17.1 Å². The summed E-state index contributed by atoms with van der Waals surface area (Å²) < 4.78 is 26.3. The van der Waals surface area contributed by atoms with Crippen molar-refractivity contribution in [2.75, 3.05) is 33.2 Å². The molecule has 0 aliphatic carbocycles. The van der Waals surface area contributed by atoms with Crippen LogP contribution in [0.5, 0.6) is 0 Å². The molecule has 130 valence electrons. The lowest BCUT2D eigenvalue weighted by Crippen LogP contribution is -2.53. The summed E-state index contributed by atoms with van der Waals surface area (Å²) in [6, 6.07) is 3.76. The van der Waals surface area contributed by atoms with Gasteiger partial charge in [0.2, 0.25) is 5.91 Å². The zero-order valence-electron chi connectivity index (χ0n) is 13.7. The minimum Gasteiger partial charge on any atom is -0.338 e. The standard InChI is InChI=1S/C16H23F2N3O.ClH/c1-11-9-19-6-7-21(11)10-16(22)20(3)12(2)13-4-5-14(17)15(18)8-13;/h4-5,8,11-12,19H,6-7,9-10H2,1-3H3;1H/t11-,12?;/m1./s1. The fraction of sp³-hybridized carbons (Fsp3) is 0.562. The van der Waals surface area contributed by atoms with Crippen LogP contribution in [-0.2, 0) is 4.79 Å². The number of hydrogen-bond acceptors (Lipinski definition) is 3. The molecule has 1 aromatic rings. The van der Waals surface area contributed by atoms with Gasteiger partial charge in [-0.25, -0.2) is 8.78 Å². The topological polar surface area (TPSA) is 35.6 Å². The number of halogens is 3. The van der Waals surface area contributed by atoms with Crippen molar-refractivity contribution in [2.24, 2.45) is 0 Å². The van der Waals surface area contributed by atoms with E-state index < -0.39 is 11.6 Å². The normalized spacial score (nSPS) is 19.8. The van der Waals surface area contributed by atoms with E-state index >= 15 is 0 Å². The molecule has 0 aromatic heterocycles. The molecule has 4 nitrogen and oxygen atoms in total. The van der Waals surface area contributed by atoms with E-state index in [0.29, 0.717) is 18.2 Å². The quantitative estimate of drug-likeness (QED) is 0.907. The average Bonchev–Trinajstić information content (AvgIpc) is 2.50. The molecule has 1 aliphatic heterocycles. The van der Waals surface area contributed by atoms with Crippen LogP contribution in [0.4, 0.5) is 8.78 Å². The Bertz CT molecular complexity index is 544. The molecule has 1 fully saturated rings. The Kier molecular flexibility index (Phi) is 7.38. The summed E-state index contributed by atoms with van der Waals surface area (Å²) in [5.74, 6) is -1.79. The molecule has 7 heteroatoms. The highest BCUT2D eigenvalue weighted by atomic mass is 35.5. The fourth-order valence-corrected chi connectivity index (χ4v) is 2.62. The number of piperazine rings is 1. The molecule has 1 saturated heterocycles. The summed E-state index contributed by atoms with van der Waals surface area (Å²) in [6.07, 6.45) is 0. The molecule has 2 atom stereocenters. The largest absolute Gasteiger partial charge is 0.338 e. The molecule has 0 radical (unpaired) electrons. The highest BCUT2D eigenvalue weighted by Gasteiger charge is 2.24. The van der Waals surface area contributed by atoms with Crippen LogP contribution in [-0.4, -0.2) is 55.0 Å². The van der Waals surface area contributed by atoms with Crippen molar-refractivity contribution in [1.29, 1.82) is 0 Å². The summed E-state index contributed by atoms with van der Waals surface area (Å²) in [5.41, 5.74) is 0.586. The number of hydrogen-bond donors (Lipinski definition) is 1. The van der Waals surface area contributed by atoms with Crippen LogP contribution in [0.3, 0.4) is 0 Å². The second-order valence-corrected chi connectivity index (χ2v) is 5.88. The molecule has 23 heavy (non-hydrogen) atoms. The Labute approximate surface area is 142 Å². The number of amides is 1. The van der Waals surface area contributed by atoms with Gasteiger partial charge in [-0.15, -0.1) is 12.4 Å².